The van der Waals surface area contributed by atoms with E-state index in [1.165, 1.54) is 43.4 Å². The summed E-state index contributed by atoms with van der Waals surface area (Å²) in [5.74, 6) is 0. The van der Waals surface area contributed by atoms with E-state index in [4.69, 9.17) is 0 Å². The third-order valence-electron chi connectivity index (χ3n) is 2.96. The van der Waals surface area contributed by atoms with Gasteiger partial charge in [0.15, 0.2) is 0 Å². The van der Waals surface area contributed by atoms with Gasteiger partial charge in [-0.25, -0.2) is 0 Å². The van der Waals surface area contributed by atoms with Gasteiger partial charge in [-0.05, 0) is 44.2 Å². The number of thiophene rings is 1. The van der Waals surface area contributed by atoms with Gasteiger partial charge < -0.3 is 5.32 Å². The first-order valence-electron chi connectivity index (χ1n) is 6.06. The summed E-state index contributed by atoms with van der Waals surface area (Å²) < 4.78 is 0. The fraction of sp³-hybridized carbons (Fsp3) is 0.692. The van der Waals surface area contributed by atoms with Crippen LogP contribution in [0, 0.1) is 0 Å². The van der Waals surface area contributed by atoms with Crippen molar-refractivity contribution in [3.05, 3.63) is 22.4 Å². The van der Waals surface area contributed by atoms with Gasteiger partial charge in [0.25, 0.3) is 0 Å². The van der Waals surface area contributed by atoms with Crippen molar-refractivity contribution < 1.29 is 0 Å². The number of rotatable bonds is 8. The number of hydrogen-bond acceptors (Lipinski definition) is 2. The van der Waals surface area contributed by atoms with Gasteiger partial charge in [-0.2, -0.15) is 0 Å². The highest BCUT2D eigenvalue weighted by molar-refractivity contribution is 7.09. The second kappa shape index (κ2) is 7.89. The van der Waals surface area contributed by atoms with Crippen LogP contribution in [-0.4, -0.2) is 13.1 Å². The first-order chi connectivity index (χ1) is 7.36. The predicted molar refractivity (Wildman–Crippen MR) is 69.6 cm³/mol. The van der Waals surface area contributed by atoms with Crippen LogP contribution in [0.25, 0.3) is 0 Å². The number of aryl methyl sites for hydroxylation is 1. The van der Waals surface area contributed by atoms with E-state index in [0.717, 1.165) is 6.04 Å². The third-order valence-corrected chi connectivity index (χ3v) is 3.89. The SMILES string of the molecule is CCC(CCCCCc1cccs1)NC. The first kappa shape index (κ1) is 12.7. The van der Waals surface area contributed by atoms with Crippen LogP contribution in [0.2, 0.25) is 0 Å². The molecule has 1 nitrogen and oxygen atoms in total. The molecule has 1 rings (SSSR count). The maximum absolute atomic E-state index is 3.36. The Bertz CT molecular complexity index is 227. The Kier molecular flexibility index (Phi) is 6.69. The van der Waals surface area contributed by atoms with Gasteiger partial charge in [0, 0.05) is 10.9 Å². The van der Waals surface area contributed by atoms with E-state index in [1.54, 1.807) is 0 Å². The van der Waals surface area contributed by atoms with E-state index in [9.17, 15) is 0 Å². The normalized spacial score (nSPS) is 12.9. The van der Waals surface area contributed by atoms with E-state index in [1.807, 2.05) is 11.3 Å². The summed E-state index contributed by atoms with van der Waals surface area (Å²) in [7, 11) is 2.07. The fourth-order valence-corrected chi connectivity index (χ4v) is 2.63. The highest BCUT2D eigenvalue weighted by atomic mass is 32.1. The summed E-state index contributed by atoms with van der Waals surface area (Å²) in [5.41, 5.74) is 0. The second-order valence-electron chi connectivity index (χ2n) is 4.07. The number of unbranched alkanes of at least 4 members (excludes halogenated alkanes) is 2. The standard InChI is InChI=1S/C13H23NS/c1-3-12(14-2)8-5-4-6-9-13-10-7-11-15-13/h7,10-12,14H,3-6,8-9H2,1-2H3. The van der Waals surface area contributed by atoms with E-state index in [-0.39, 0.29) is 0 Å². The van der Waals surface area contributed by atoms with Gasteiger partial charge in [0.2, 0.25) is 0 Å². The molecule has 0 bridgehead atoms. The van der Waals surface area contributed by atoms with Crippen molar-refractivity contribution in [2.75, 3.05) is 7.05 Å². The topological polar surface area (TPSA) is 12.0 Å². The molecule has 1 aromatic rings. The summed E-state index contributed by atoms with van der Waals surface area (Å²) >= 11 is 1.88. The van der Waals surface area contributed by atoms with Gasteiger partial charge in [0.05, 0.1) is 0 Å². The lowest BCUT2D eigenvalue weighted by Gasteiger charge is -2.12. The molecule has 1 N–H and O–H groups in total. The van der Waals surface area contributed by atoms with Crippen molar-refractivity contribution in [2.24, 2.45) is 0 Å². The zero-order valence-corrected chi connectivity index (χ0v) is 10.8. The minimum atomic E-state index is 0.728. The van der Waals surface area contributed by atoms with Crippen LogP contribution in [0.15, 0.2) is 17.5 Å². The van der Waals surface area contributed by atoms with Gasteiger partial charge in [-0.3, -0.25) is 0 Å². The molecule has 0 saturated heterocycles. The molecule has 0 aromatic carbocycles. The first-order valence-corrected chi connectivity index (χ1v) is 6.94. The molecule has 0 aliphatic rings. The molecular weight excluding hydrogens is 202 g/mol. The molecule has 86 valence electrons. The van der Waals surface area contributed by atoms with Crippen LogP contribution in [-0.2, 0) is 6.42 Å². The zero-order valence-electron chi connectivity index (χ0n) is 9.96. The maximum Gasteiger partial charge on any atom is 0.00614 e. The molecule has 0 aliphatic carbocycles. The molecule has 0 fully saturated rings. The highest BCUT2D eigenvalue weighted by Gasteiger charge is 2.01. The average Bonchev–Trinajstić information content (AvgIpc) is 2.76. The predicted octanol–water partition coefficient (Wildman–Crippen LogP) is 3.85. The summed E-state index contributed by atoms with van der Waals surface area (Å²) in [6.45, 7) is 2.26. The molecule has 0 radical (unpaired) electrons. The molecule has 2 heteroatoms. The van der Waals surface area contributed by atoms with Crippen molar-refractivity contribution in [3.8, 4) is 0 Å². The number of hydrogen-bond donors (Lipinski definition) is 1. The molecule has 15 heavy (non-hydrogen) atoms. The van der Waals surface area contributed by atoms with Crippen LogP contribution in [0.5, 0.6) is 0 Å². The lowest BCUT2D eigenvalue weighted by molar-refractivity contribution is 0.477. The second-order valence-corrected chi connectivity index (χ2v) is 5.10. The Morgan fingerprint density at radius 3 is 2.80 bits per heavy atom. The van der Waals surface area contributed by atoms with E-state index < -0.39 is 0 Å². The molecule has 1 aromatic heterocycles. The Morgan fingerprint density at radius 2 is 2.20 bits per heavy atom. The van der Waals surface area contributed by atoms with E-state index in [2.05, 4.69) is 36.8 Å². The smallest absolute Gasteiger partial charge is 0.00614 e. The summed E-state index contributed by atoms with van der Waals surface area (Å²) in [6.07, 6.45) is 7.94. The molecule has 0 amide bonds. The van der Waals surface area contributed by atoms with Gasteiger partial charge >= 0.3 is 0 Å². The van der Waals surface area contributed by atoms with Crippen molar-refractivity contribution in [1.29, 1.82) is 0 Å². The molecule has 1 atom stereocenters. The number of nitrogens with one attached hydrogen (secondary N) is 1. The van der Waals surface area contributed by atoms with Crippen LogP contribution in [0.4, 0.5) is 0 Å². The average molecular weight is 225 g/mol. The van der Waals surface area contributed by atoms with E-state index >= 15 is 0 Å². The Labute approximate surface area is 97.9 Å². The summed E-state index contributed by atoms with van der Waals surface area (Å²) in [4.78, 5) is 1.54. The van der Waals surface area contributed by atoms with Crippen molar-refractivity contribution in [3.63, 3.8) is 0 Å². The van der Waals surface area contributed by atoms with Crippen molar-refractivity contribution in [1.82, 2.24) is 5.32 Å². The van der Waals surface area contributed by atoms with Crippen LogP contribution >= 0.6 is 11.3 Å². The Hall–Kier alpha value is -0.340. The lowest BCUT2D eigenvalue weighted by Crippen LogP contribution is -2.23. The molecule has 1 unspecified atom stereocenters. The fourth-order valence-electron chi connectivity index (χ4n) is 1.87. The van der Waals surface area contributed by atoms with Crippen molar-refractivity contribution >= 4 is 11.3 Å². The lowest BCUT2D eigenvalue weighted by atomic mass is 10.1. The minimum Gasteiger partial charge on any atom is -0.317 e. The quantitative estimate of drug-likeness (QED) is 0.663. The molecule has 0 spiro atoms. The minimum absolute atomic E-state index is 0.728. The van der Waals surface area contributed by atoms with Gasteiger partial charge in [-0.1, -0.05) is 25.8 Å². The molecular formula is C13H23NS. The zero-order chi connectivity index (χ0) is 10.9. The molecule has 1 heterocycles. The summed E-state index contributed by atoms with van der Waals surface area (Å²) in [5, 5.41) is 5.53. The molecule has 0 saturated carbocycles. The van der Waals surface area contributed by atoms with Crippen LogP contribution in [0.1, 0.15) is 43.9 Å². The summed E-state index contributed by atoms with van der Waals surface area (Å²) in [6, 6.07) is 5.12. The van der Waals surface area contributed by atoms with Gasteiger partial charge in [-0.15, -0.1) is 11.3 Å². The van der Waals surface area contributed by atoms with Crippen molar-refractivity contribution in [2.45, 2.75) is 51.5 Å². The maximum atomic E-state index is 3.36. The monoisotopic (exact) mass is 225 g/mol. The largest absolute Gasteiger partial charge is 0.317 e. The Balaban J connectivity index is 1.97. The van der Waals surface area contributed by atoms with Gasteiger partial charge in [0.1, 0.15) is 0 Å². The van der Waals surface area contributed by atoms with Crippen LogP contribution in [0.3, 0.4) is 0 Å². The third kappa shape index (κ3) is 5.33. The van der Waals surface area contributed by atoms with E-state index in [0.29, 0.717) is 0 Å². The van der Waals surface area contributed by atoms with Crippen LogP contribution < -0.4 is 5.32 Å². The highest BCUT2D eigenvalue weighted by Crippen LogP contribution is 2.14. The Morgan fingerprint density at radius 1 is 1.33 bits per heavy atom. The molecule has 0 aliphatic heterocycles.